The lowest BCUT2D eigenvalue weighted by molar-refractivity contribution is -0.118. The molecule has 24 heavy (non-hydrogen) atoms. The van der Waals surface area contributed by atoms with E-state index in [-0.39, 0.29) is 19.1 Å². The summed E-state index contributed by atoms with van der Waals surface area (Å²) in [6.45, 7) is 4.61. The van der Waals surface area contributed by atoms with Crippen molar-refractivity contribution in [3.8, 4) is 5.75 Å². The fourth-order valence-corrected chi connectivity index (χ4v) is 2.38. The summed E-state index contributed by atoms with van der Waals surface area (Å²) in [7, 11) is 1.90. The molecule has 0 aliphatic heterocycles. The Kier molecular flexibility index (Phi) is 6.21. The molecule has 0 spiro atoms. The number of hydrogen-bond donors (Lipinski definition) is 2. The van der Waals surface area contributed by atoms with Crippen LogP contribution in [-0.2, 0) is 4.79 Å². The van der Waals surface area contributed by atoms with Crippen molar-refractivity contribution >= 4 is 17.3 Å². The van der Waals surface area contributed by atoms with Gasteiger partial charge in [-0.3, -0.25) is 4.79 Å². The van der Waals surface area contributed by atoms with E-state index in [1.165, 1.54) is 0 Å². The number of hydrogen-bond acceptors (Lipinski definition) is 4. The third kappa shape index (κ3) is 4.99. The Morgan fingerprint density at radius 1 is 1.17 bits per heavy atom. The van der Waals surface area contributed by atoms with Gasteiger partial charge in [0.05, 0.1) is 6.61 Å². The Bertz CT molecular complexity index is 684. The van der Waals surface area contributed by atoms with Crippen molar-refractivity contribution < 1.29 is 14.6 Å². The van der Waals surface area contributed by atoms with E-state index in [0.717, 1.165) is 22.6 Å². The first kappa shape index (κ1) is 17.8. The number of amides is 1. The van der Waals surface area contributed by atoms with Crippen LogP contribution in [0.1, 0.15) is 11.1 Å². The number of rotatable bonds is 7. The fourth-order valence-electron chi connectivity index (χ4n) is 2.38. The normalized spacial score (nSPS) is 10.3. The molecule has 0 aliphatic carbocycles. The van der Waals surface area contributed by atoms with Crippen LogP contribution in [-0.4, -0.2) is 37.8 Å². The highest BCUT2D eigenvalue weighted by molar-refractivity contribution is 5.92. The SMILES string of the molecule is Cc1ccc(OCC(=O)Nc2ccc(N(C)CCO)cc2)c(C)c1. The van der Waals surface area contributed by atoms with Gasteiger partial charge in [-0.2, -0.15) is 0 Å². The molecule has 2 aromatic rings. The van der Waals surface area contributed by atoms with E-state index in [4.69, 9.17) is 9.84 Å². The molecule has 2 N–H and O–H groups in total. The fraction of sp³-hybridized carbons (Fsp3) is 0.316. The molecular formula is C19H24N2O3. The van der Waals surface area contributed by atoms with E-state index in [9.17, 15) is 4.79 Å². The molecule has 0 saturated heterocycles. The van der Waals surface area contributed by atoms with Gasteiger partial charge in [-0.25, -0.2) is 0 Å². The van der Waals surface area contributed by atoms with Crippen LogP contribution in [0.15, 0.2) is 42.5 Å². The molecule has 128 valence electrons. The van der Waals surface area contributed by atoms with Gasteiger partial charge in [0.1, 0.15) is 5.75 Å². The van der Waals surface area contributed by atoms with E-state index in [2.05, 4.69) is 5.32 Å². The topological polar surface area (TPSA) is 61.8 Å². The van der Waals surface area contributed by atoms with Crippen molar-refractivity contribution in [2.24, 2.45) is 0 Å². The van der Waals surface area contributed by atoms with Crippen LogP contribution in [0.5, 0.6) is 5.75 Å². The van der Waals surface area contributed by atoms with Crippen LogP contribution >= 0.6 is 0 Å². The number of nitrogens with one attached hydrogen (secondary N) is 1. The van der Waals surface area contributed by atoms with Gasteiger partial charge in [0, 0.05) is 25.0 Å². The van der Waals surface area contributed by atoms with Crippen LogP contribution in [0, 0.1) is 13.8 Å². The summed E-state index contributed by atoms with van der Waals surface area (Å²) < 4.78 is 5.57. The lowest BCUT2D eigenvalue weighted by Crippen LogP contribution is -2.22. The average molecular weight is 328 g/mol. The summed E-state index contributed by atoms with van der Waals surface area (Å²) in [5, 5.41) is 11.8. The summed E-state index contributed by atoms with van der Waals surface area (Å²) in [5.74, 6) is 0.517. The molecule has 0 bridgehead atoms. The van der Waals surface area contributed by atoms with Gasteiger partial charge >= 0.3 is 0 Å². The lowest BCUT2D eigenvalue weighted by Gasteiger charge is -2.18. The van der Waals surface area contributed by atoms with Crippen molar-refractivity contribution in [2.75, 3.05) is 37.0 Å². The van der Waals surface area contributed by atoms with Gasteiger partial charge in [0.15, 0.2) is 6.61 Å². The quantitative estimate of drug-likeness (QED) is 0.820. The zero-order chi connectivity index (χ0) is 17.5. The van der Waals surface area contributed by atoms with Gasteiger partial charge in [-0.1, -0.05) is 17.7 Å². The van der Waals surface area contributed by atoms with E-state index in [0.29, 0.717) is 12.2 Å². The number of aryl methyl sites for hydroxylation is 2. The second-order valence-corrected chi connectivity index (χ2v) is 5.80. The minimum absolute atomic E-state index is 0.0317. The number of aliphatic hydroxyl groups is 1. The largest absolute Gasteiger partial charge is 0.483 e. The zero-order valence-corrected chi connectivity index (χ0v) is 14.4. The maximum absolute atomic E-state index is 12.0. The molecule has 0 radical (unpaired) electrons. The van der Waals surface area contributed by atoms with E-state index in [1.807, 2.05) is 68.3 Å². The minimum Gasteiger partial charge on any atom is -0.483 e. The Morgan fingerprint density at radius 2 is 1.88 bits per heavy atom. The molecule has 0 saturated carbocycles. The summed E-state index contributed by atoms with van der Waals surface area (Å²) in [6.07, 6.45) is 0. The highest BCUT2D eigenvalue weighted by atomic mass is 16.5. The number of aliphatic hydroxyl groups excluding tert-OH is 1. The summed E-state index contributed by atoms with van der Waals surface area (Å²) in [6, 6.07) is 13.3. The maximum atomic E-state index is 12.0. The predicted molar refractivity (Wildman–Crippen MR) is 96.8 cm³/mol. The molecule has 0 fully saturated rings. The summed E-state index contributed by atoms with van der Waals surface area (Å²) in [4.78, 5) is 13.9. The minimum atomic E-state index is -0.202. The lowest BCUT2D eigenvalue weighted by atomic mass is 10.1. The molecule has 2 rings (SSSR count). The molecule has 0 heterocycles. The van der Waals surface area contributed by atoms with Crippen molar-refractivity contribution in [3.05, 3.63) is 53.6 Å². The van der Waals surface area contributed by atoms with Crippen LogP contribution in [0.25, 0.3) is 0 Å². The molecule has 0 unspecified atom stereocenters. The number of ether oxygens (including phenoxy) is 1. The smallest absolute Gasteiger partial charge is 0.262 e. The molecule has 5 nitrogen and oxygen atoms in total. The Balaban J connectivity index is 1.88. The zero-order valence-electron chi connectivity index (χ0n) is 14.4. The van der Waals surface area contributed by atoms with Gasteiger partial charge in [0.25, 0.3) is 5.91 Å². The number of likely N-dealkylation sites (N-methyl/N-ethyl adjacent to an activating group) is 1. The number of nitrogens with zero attached hydrogens (tertiary/aromatic N) is 1. The average Bonchev–Trinajstić information content (AvgIpc) is 2.55. The van der Waals surface area contributed by atoms with Crippen molar-refractivity contribution in [1.82, 2.24) is 0 Å². The standard InChI is InChI=1S/C19H24N2O3/c1-14-4-9-18(15(2)12-14)24-13-19(23)20-16-5-7-17(8-6-16)21(3)10-11-22/h4-9,12,22H,10-11,13H2,1-3H3,(H,20,23). The highest BCUT2D eigenvalue weighted by Crippen LogP contribution is 2.19. The second-order valence-electron chi connectivity index (χ2n) is 5.80. The number of carbonyl (C=O) groups is 1. The number of anilines is 2. The highest BCUT2D eigenvalue weighted by Gasteiger charge is 2.06. The van der Waals surface area contributed by atoms with E-state index >= 15 is 0 Å². The molecule has 2 aromatic carbocycles. The first-order valence-electron chi connectivity index (χ1n) is 7.91. The van der Waals surface area contributed by atoms with Gasteiger partial charge < -0.3 is 20.1 Å². The van der Waals surface area contributed by atoms with Gasteiger partial charge in [0.2, 0.25) is 0 Å². The van der Waals surface area contributed by atoms with Gasteiger partial charge in [-0.15, -0.1) is 0 Å². The maximum Gasteiger partial charge on any atom is 0.262 e. The third-order valence-electron chi connectivity index (χ3n) is 3.72. The van der Waals surface area contributed by atoms with Gasteiger partial charge in [-0.05, 0) is 49.7 Å². The first-order valence-corrected chi connectivity index (χ1v) is 7.91. The van der Waals surface area contributed by atoms with Crippen LogP contribution in [0.3, 0.4) is 0 Å². The predicted octanol–water partition coefficient (Wildman–Crippen LogP) is 2.75. The van der Waals surface area contributed by atoms with Crippen LogP contribution in [0.2, 0.25) is 0 Å². The molecule has 0 aromatic heterocycles. The Morgan fingerprint density at radius 3 is 2.50 bits per heavy atom. The number of carbonyl (C=O) groups excluding carboxylic acids is 1. The van der Waals surface area contributed by atoms with Crippen molar-refractivity contribution in [3.63, 3.8) is 0 Å². The van der Waals surface area contributed by atoms with Crippen LogP contribution < -0.4 is 15.0 Å². The van der Waals surface area contributed by atoms with Crippen molar-refractivity contribution in [1.29, 1.82) is 0 Å². The molecule has 0 atom stereocenters. The Hall–Kier alpha value is -2.53. The number of benzene rings is 2. The summed E-state index contributed by atoms with van der Waals surface area (Å²) >= 11 is 0. The van der Waals surface area contributed by atoms with Crippen molar-refractivity contribution in [2.45, 2.75) is 13.8 Å². The molecule has 1 amide bonds. The summed E-state index contributed by atoms with van der Waals surface area (Å²) in [5.41, 5.74) is 3.87. The molecule has 5 heteroatoms. The van der Waals surface area contributed by atoms with Crippen LogP contribution in [0.4, 0.5) is 11.4 Å². The monoisotopic (exact) mass is 328 g/mol. The first-order chi connectivity index (χ1) is 11.5. The van der Waals surface area contributed by atoms with E-state index in [1.54, 1.807) is 0 Å². The molecule has 0 aliphatic rings. The van der Waals surface area contributed by atoms with E-state index < -0.39 is 0 Å². The second kappa shape index (κ2) is 8.36. The Labute approximate surface area is 142 Å². The molecular weight excluding hydrogens is 304 g/mol. The third-order valence-corrected chi connectivity index (χ3v) is 3.72.